The van der Waals surface area contributed by atoms with Crippen molar-refractivity contribution in [3.8, 4) is 0 Å². The molecule has 0 aliphatic carbocycles. The molecule has 1 N–H and O–H groups in total. The molecular weight excluding hydrogens is 221 g/mol. The summed E-state index contributed by atoms with van der Waals surface area (Å²) >= 11 is 0. The van der Waals surface area contributed by atoms with Gasteiger partial charge in [0.1, 0.15) is 5.82 Å². The lowest BCUT2D eigenvalue weighted by atomic mass is 10.1. The van der Waals surface area contributed by atoms with Crippen LogP contribution in [0.1, 0.15) is 18.9 Å². The van der Waals surface area contributed by atoms with Crippen molar-refractivity contribution >= 4 is 5.97 Å². The van der Waals surface area contributed by atoms with E-state index in [-0.39, 0.29) is 12.2 Å². The zero-order valence-electron chi connectivity index (χ0n) is 10.0. The quantitative estimate of drug-likeness (QED) is 0.792. The highest BCUT2D eigenvalue weighted by atomic mass is 19.1. The molecule has 0 radical (unpaired) electrons. The van der Waals surface area contributed by atoms with Crippen molar-refractivity contribution in [2.75, 3.05) is 19.6 Å². The van der Waals surface area contributed by atoms with E-state index in [1.165, 1.54) is 12.1 Å². The van der Waals surface area contributed by atoms with Crippen molar-refractivity contribution in [3.63, 3.8) is 0 Å². The van der Waals surface area contributed by atoms with Gasteiger partial charge in [0.2, 0.25) is 0 Å². The van der Waals surface area contributed by atoms with Crippen LogP contribution < -0.4 is 0 Å². The Balaban J connectivity index is 2.36. The molecule has 0 saturated carbocycles. The lowest BCUT2D eigenvalue weighted by Gasteiger charge is -2.19. The number of nitrogens with zero attached hydrogens (tertiary/aromatic N) is 1. The third-order valence-corrected chi connectivity index (χ3v) is 2.72. The number of carboxylic acids is 1. The van der Waals surface area contributed by atoms with Crippen LogP contribution in [-0.2, 0) is 11.2 Å². The van der Waals surface area contributed by atoms with Crippen molar-refractivity contribution in [1.82, 2.24) is 4.90 Å². The number of carbonyl (C=O) groups is 1. The predicted molar refractivity (Wildman–Crippen MR) is 64.5 cm³/mol. The molecule has 0 amide bonds. The summed E-state index contributed by atoms with van der Waals surface area (Å²) in [7, 11) is 0. The fraction of sp³-hybridized carbons (Fsp3) is 0.462. The monoisotopic (exact) mass is 239 g/mol. The summed E-state index contributed by atoms with van der Waals surface area (Å²) in [6, 6.07) is 6.42. The summed E-state index contributed by atoms with van der Waals surface area (Å²) in [6.45, 7) is 4.20. The maximum atomic E-state index is 12.7. The van der Waals surface area contributed by atoms with Crippen molar-refractivity contribution in [2.45, 2.75) is 19.8 Å². The van der Waals surface area contributed by atoms with Crippen molar-refractivity contribution in [1.29, 1.82) is 0 Å². The predicted octanol–water partition coefficient (Wildman–Crippen LogP) is 2.16. The Morgan fingerprint density at radius 1 is 1.29 bits per heavy atom. The normalized spacial score (nSPS) is 10.8. The van der Waals surface area contributed by atoms with Crippen molar-refractivity contribution < 1.29 is 14.3 Å². The van der Waals surface area contributed by atoms with Crippen LogP contribution in [0.3, 0.4) is 0 Å². The molecular formula is C13H18FNO2. The fourth-order valence-corrected chi connectivity index (χ4v) is 1.62. The molecule has 17 heavy (non-hydrogen) atoms. The maximum absolute atomic E-state index is 12.7. The van der Waals surface area contributed by atoms with Gasteiger partial charge in [0.05, 0.1) is 6.42 Å². The molecule has 1 aromatic rings. The Bertz CT molecular complexity index is 351. The molecule has 0 bridgehead atoms. The molecule has 0 saturated heterocycles. The molecule has 3 nitrogen and oxygen atoms in total. The molecule has 94 valence electrons. The van der Waals surface area contributed by atoms with Crippen LogP contribution >= 0.6 is 0 Å². The molecule has 1 aromatic carbocycles. The molecule has 0 spiro atoms. The van der Waals surface area contributed by atoms with Crippen LogP contribution in [0.2, 0.25) is 0 Å². The number of carboxylic acid groups (broad SMARTS) is 1. The smallest absolute Gasteiger partial charge is 0.304 e. The Morgan fingerprint density at radius 3 is 2.47 bits per heavy atom. The average molecular weight is 239 g/mol. The van der Waals surface area contributed by atoms with Crippen LogP contribution in [0, 0.1) is 5.82 Å². The van der Waals surface area contributed by atoms with E-state index in [4.69, 9.17) is 5.11 Å². The maximum Gasteiger partial charge on any atom is 0.304 e. The van der Waals surface area contributed by atoms with Gasteiger partial charge in [-0.3, -0.25) is 4.79 Å². The summed E-state index contributed by atoms with van der Waals surface area (Å²) in [6.07, 6.45) is 0.977. The number of likely N-dealkylation sites (N-methyl/N-ethyl adjacent to an activating group) is 1. The standard InChI is InChI=1S/C13H18FNO2/c1-2-15(10-8-13(16)17)9-7-11-3-5-12(14)6-4-11/h3-6H,2,7-10H2,1H3,(H,16,17). The minimum absolute atomic E-state index is 0.164. The van der Waals surface area contributed by atoms with Gasteiger partial charge in [0.25, 0.3) is 0 Å². The van der Waals surface area contributed by atoms with E-state index >= 15 is 0 Å². The van der Waals surface area contributed by atoms with Crippen LogP contribution in [0.4, 0.5) is 4.39 Å². The van der Waals surface area contributed by atoms with Gasteiger partial charge in [-0.2, -0.15) is 0 Å². The van der Waals surface area contributed by atoms with Crippen LogP contribution in [-0.4, -0.2) is 35.6 Å². The highest BCUT2D eigenvalue weighted by Crippen LogP contribution is 2.04. The Labute approximate surface area is 101 Å². The number of hydrogen-bond acceptors (Lipinski definition) is 2. The first kappa shape index (κ1) is 13.6. The topological polar surface area (TPSA) is 40.5 Å². The van der Waals surface area contributed by atoms with Crippen LogP contribution in [0.5, 0.6) is 0 Å². The first-order valence-electron chi connectivity index (χ1n) is 5.80. The van der Waals surface area contributed by atoms with E-state index in [1.807, 2.05) is 6.92 Å². The molecule has 0 heterocycles. The Hall–Kier alpha value is -1.42. The minimum atomic E-state index is -0.773. The number of halogens is 1. The molecule has 0 unspecified atom stereocenters. The molecule has 0 atom stereocenters. The van der Waals surface area contributed by atoms with E-state index in [2.05, 4.69) is 4.90 Å². The van der Waals surface area contributed by atoms with Gasteiger partial charge in [-0.1, -0.05) is 19.1 Å². The summed E-state index contributed by atoms with van der Waals surface area (Å²) in [4.78, 5) is 12.5. The summed E-state index contributed by atoms with van der Waals surface area (Å²) in [5, 5.41) is 8.61. The molecule has 0 aliphatic heterocycles. The van der Waals surface area contributed by atoms with Crippen molar-refractivity contribution in [3.05, 3.63) is 35.6 Å². The Kier molecular flexibility index (Phi) is 5.63. The Morgan fingerprint density at radius 2 is 1.94 bits per heavy atom. The summed E-state index contributed by atoms with van der Waals surface area (Å²) in [5.74, 6) is -1.00. The number of hydrogen-bond donors (Lipinski definition) is 1. The first-order valence-corrected chi connectivity index (χ1v) is 5.80. The van der Waals surface area contributed by atoms with Gasteiger partial charge in [-0.05, 0) is 30.7 Å². The average Bonchev–Trinajstić information content (AvgIpc) is 2.31. The highest BCUT2D eigenvalue weighted by Gasteiger charge is 2.05. The molecule has 0 aromatic heterocycles. The highest BCUT2D eigenvalue weighted by molar-refractivity contribution is 5.66. The number of benzene rings is 1. The van der Waals surface area contributed by atoms with Crippen LogP contribution in [0.15, 0.2) is 24.3 Å². The second-order valence-electron chi connectivity index (χ2n) is 3.95. The zero-order chi connectivity index (χ0) is 12.7. The van der Waals surface area contributed by atoms with Crippen LogP contribution in [0.25, 0.3) is 0 Å². The number of rotatable bonds is 7. The molecule has 4 heteroatoms. The minimum Gasteiger partial charge on any atom is -0.481 e. The molecule has 0 aliphatic rings. The third kappa shape index (κ3) is 5.45. The van der Waals surface area contributed by atoms with E-state index in [9.17, 15) is 9.18 Å². The lowest BCUT2D eigenvalue weighted by Crippen LogP contribution is -2.28. The van der Waals surface area contributed by atoms with Gasteiger partial charge in [-0.25, -0.2) is 4.39 Å². The molecule has 1 rings (SSSR count). The second kappa shape index (κ2) is 7.01. The largest absolute Gasteiger partial charge is 0.481 e. The van der Waals surface area contributed by atoms with Gasteiger partial charge < -0.3 is 10.0 Å². The second-order valence-corrected chi connectivity index (χ2v) is 3.95. The third-order valence-electron chi connectivity index (χ3n) is 2.72. The van der Waals surface area contributed by atoms with Gasteiger partial charge >= 0.3 is 5.97 Å². The molecule has 0 fully saturated rings. The fourth-order valence-electron chi connectivity index (χ4n) is 1.62. The van der Waals surface area contributed by atoms with E-state index in [0.29, 0.717) is 6.54 Å². The van der Waals surface area contributed by atoms with E-state index < -0.39 is 5.97 Å². The van der Waals surface area contributed by atoms with Crippen molar-refractivity contribution in [2.24, 2.45) is 0 Å². The lowest BCUT2D eigenvalue weighted by molar-refractivity contribution is -0.137. The van der Waals surface area contributed by atoms with Gasteiger partial charge in [0.15, 0.2) is 0 Å². The van der Waals surface area contributed by atoms with Gasteiger partial charge in [0, 0.05) is 13.1 Å². The van der Waals surface area contributed by atoms with E-state index in [1.54, 1.807) is 12.1 Å². The zero-order valence-corrected chi connectivity index (χ0v) is 10.0. The van der Waals surface area contributed by atoms with Gasteiger partial charge in [-0.15, -0.1) is 0 Å². The SMILES string of the molecule is CCN(CCC(=O)O)CCc1ccc(F)cc1. The first-order chi connectivity index (χ1) is 8.11. The summed E-state index contributed by atoms with van der Waals surface area (Å²) in [5.41, 5.74) is 1.07. The summed E-state index contributed by atoms with van der Waals surface area (Å²) < 4.78 is 12.7. The number of aliphatic carboxylic acids is 1. The van der Waals surface area contributed by atoms with E-state index in [0.717, 1.165) is 25.1 Å².